The highest BCUT2D eigenvalue weighted by Crippen LogP contribution is 2.22. The molecule has 7 heteroatoms. The van der Waals surface area contributed by atoms with Crippen LogP contribution in [0.15, 0.2) is 39.8 Å². The van der Waals surface area contributed by atoms with Crippen molar-refractivity contribution in [2.75, 3.05) is 20.7 Å². The highest BCUT2D eigenvalue weighted by Gasteiger charge is 2.13. The van der Waals surface area contributed by atoms with Crippen molar-refractivity contribution in [2.45, 2.75) is 45.6 Å². The first-order valence-corrected chi connectivity index (χ1v) is 9.23. The first kappa shape index (κ1) is 23.3. The van der Waals surface area contributed by atoms with Gasteiger partial charge in [-0.3, -0.25) is 4.99 Å². The molecule has 1 aromatic carbocycles. The molecular formula is C20H31IN4O2. The molecule has 150 valence electrons. The van der Waals surface area contributed by atoms with Gasteiger partial charge in [-0.05, 0) is 37.0 Å². The molecule has 1 aromatic heterocycles. The molecule has 2 aromatic rings. The summed E-state index contributed by atoms with van der Waals surface area (Å²) in [7, 11) is 3.44. The normalized spacial score (nSPS) is 11.2. The second-order valence-electron chi connectivity index (χ2n) is 6.18. The molecular weight excluding hydrogens is 455 g/mol. The van der Waals surface area contributed by atoms with Crippen molar-refractivity contribution in [2.24, 2.45) is 4.99 Å². The van der Waals surface area contributed by atoms with Gasteiger partial charge in [-0.15, -0.1) is 24.0 Å². The Hall–Kier alpha value is -1.77. The number of nitrogens with zero attached hydrogens (tertiary/aromatic N) is 2. The van der Waals surface area contributed by atoms with Crippen molar-refractivity contribution < 1.29 is 9.26 Å². The quantitative estimate of drug-likeness (QED) is 0.317. The molecule has 0 atom stereocenters. The summed E-state index contributed by atoms with van der Waals surface area (Å²) >= 11 is 0. The van der Waals surface area contributed by atoms with Crippen molar-refractivity contribution in [3.63, 3.8) is 0 Å². The number of hydrogen-bond acceptors (Lipinski definition) is 4. The molecule has 0 saturated carbocycles. The lowest BCUT2D eigenvalue weighted by molar-refractivity contribution is 0.368. The van der Waals surface area contributed by atoms with E-state index in [1.807, 2.05) is 18.2 Å². The summed E-state index contributed by atoms with van der Waals surface area (Å²) in [6, 6.07) is 10.1. The van der Waals surface area contributed by atoms with E-state index in [2.05, 4.69) is 46.8 Å². The van der Waals surface area contributed by atoms with E-state index in [1.165, 1.54) is 5.56 Å². The highest BCUT2D eigenvalue weighted by atomic mass is 127. The Morgan fingerprint density at radius 1 is 1.19 bits per heavy atom. The number of aromatic nitrogens is 1. The summed E-state index contributed by atoms with van der Waals surface area (Å²) < 4.78 is 10.6. The minimum absolute atomic E-state index is 0. The third-order valence-electron chi connectivity index (χ3n) is 4.50. The van der Waals surface area contributed by atoms with E-state index in [1.54, 1.807) is 14.2 Å². The Kier molecular flexibility index (Phi) is 10.8. The van der Waals surface area contributed by atoms with Crippen molar-refractivity contribution >= 4 is 29.9 Å². The molecule has 1 heterocycles. The molecule has 0 saturated heterocycles. The lowest BCUT2D eigenvalue weighted by Gasteiger charge is -2.11. The Morgan fingerprint density at radius 3 is 2.48 bits per heavy atom. The Balaban J connectivity index is 0.00000364. The fourth-order valence-corrected chi connectivity index (χ4v) is 2.82. The van der Waals surface area contributed by atoms with E-state index in [0.717, 1.165) is 49.0 Å². The molecule has 2 rings (SSSR count). The van der Waals surface area contributed by atoms with Gasteiger partial charge in [0.05, 0.1) is 19.3 Å². The van der Waals surface area contributed by atoms with Crippen LogP contribution in [0.25, 0.3) is 0 Å². The fourth-order valence-electron chi connectivity index (χ4n) is 2.82. The molecule has 0 amide bonds. The first-order valence-electron chi connectivity index (χ1n) is 9.23. The molecule has 0 spiro atoms. The molecule has 0 fully saturated rings. The third-order valence-corrected chi connectivity index (χ3v) is 4.50. The van der Waals surface area contributed by atoms with Gasteiger partial charge in [-0.1, -0.05) is 31.1 Å². The van der Waals surface area contributed by atoms with Gasteiger partial charge < -0.3 is 19.9 Å². The number of aliphatic imine (C=N–C) groups is 1. The van der Waals surface area contributed by atoms with E-state index in [4.69, 9.17) is 9.26 Å². The second kappa shape index (κ2) is 12.6. The predicted octanol–water partition coefficient (Wildman–Crippen LogP) is 4.11. The van der Waals surface area contributed by atoms with Gasteiger partial charge in [0, 0.05) is 25.6 Å². The second-order valence-corrected chi connectivity index (χ2v) is 6.18. The van der Waals surface area contributed by atoms with Gasteiger partial charge in [0.1, 0.15) is 5.75 Å². The lowest BCUT2D eigenvalue weighted by Crippen LogP contribution is -2.37. The maximum atomic E-state index is 5.43. The predicted molar refractivity (Wildman–Crippen MR) is 120 cm³/mol. The van der Waals surface area contributed by atoms with Crippen LogP contribution in [0.5, 0.6) is 5.75 Å². The van der Waals surface area contributed by atoms with Gasteiger partial charge in [-0.2, -0.15) is 0 Å². The van der Waals surface area contributed by atoms with Crippen LogP contribution in [0, 0.1) is 0 Å². The summed E-state index contributed by atoms with van der Waals surface area (Å²) in [5, 5.41) is 10.8. The minimum atomic E-state index is 0. The average Bonchev–Trinajstić information content (AvgIpc) is 3.14. The van der Waals surface area contributed by atoms with E-state index in [-0.39, 0.29) is 24.0 Å². The summed E-state index contributed by atoms with van der Waals surface area (Å²) in [5.41, 5.74) is 2.29. The molecule has 6 nitrogen and oxygen atoms in total. The van der Waals surface area contributed by atoms with Gasteiger partial charge in [0.15, 0.2) is 11.7 Å². The van der Waals surface area contributed by atoms with E-state index in [0.29, 0.717) is 12.5 Å². The zero-order chi connectivity index (χ0) is 18.8. The number of nitrogens with one attached hydrogen (secondary N) is 2. The van der Waals surface area contributed by atoms with Crippen LogP contribution in [0.1, 0.15) is 49.6 Å². The Labute approximate surface area is 179 Å². The van der Waals surface area contributed by atoms with Crippen LogP contribution < -0.4 is 15.4 Å². The van der Waals surface area contributed by atoms with Gasteiger partial charge >= 0.3 is 0 Å². The molecule has 2 N–H and O–H groups in total. The summed E-state index contributed by atoms with van der Waals surface area (Å²) in [4.78, 5) is 4.25. The van der Waals surface area contributed by atoms with Crippen molar-refractivity contribution in [3.05, 3.63) is 47.3 Å². The number of halogens is 1. The van der Waals surface area contributed by atoms with E-state index >= 15 is 0 Å². The van der Waals surface area contributed by atoms with Gasteiger partial charge in [0.25, 0.3) is 0 Å². The molecule has 0 unspecified atom stereocenters. The van der Waals surface area contributed by atoms with Crippen molar-refractivity contribution in [1.82, 2.24) is 15.8 Å². The Bertz CT molecular complexity index is 682. The number of guanidine groups is 1. The molecule has 27 heavy (non-hydrogen) atoms. The summed E-state index contributed by atoms with van der Waals surface area (Å²) in [6.45, 7) is 5.71. The molecule has 0 aliphatic heterocycles. The largest absolute Gasteiger partial charge is 0.497 e. The van der Waals surface area contributed by atoms with Crippen molar-refractivity contribution in [1.29, 1.82) is 0 Å². The molecule has 0 bridgehead atoms. The minimum Gasteiger partial charge on any atom is -0.497 e. The first-order chi connectivity index (χ1) is 12.7. The van der Waals surface area contributed by atoms with Crippen LogP contribution in [0.4, 0.5) is 0 Å². The fraction of sp³-hybridized carbons (Fsp3) is 0.500. The van der Waals surface area contributed by atoms with Crippen LogP contribution in [-0.2, 0) is 13.0 Å². The van der Waals surface area contributed by atoms with Crippen LogP contribution >= 0.6 is 24.0 Å². The van der Waals surface area contributed by atoms with Crippen LogP contribution in [0.3, 0.4) is 0 Å². The van der Waals surface area contributed by atoms with Gasteiger partial charge in [0.2, 0.25) is 0 Å². The number of benzene rings is 1. The summed E-state index contributed by atoms with van der Waals surface area (Å²) in [6.07, 6.45) is 3.06. The molecule has 0 aliphatic rings. The maximum Gasteiger partial charge on any atom is 0.191 e. The number of rotatable bonds is 9. The molecule has 0 radical (unpaired) electrons. The number of methoxy groups -OCH3 is 1. The van der Waals surface area contributed by atoms with Crippen LogP contribution in [-0.4, -0.2) is 31.8 Å². The lowest BCUT2D eigenvalue weighted by atomic mass is 9.99. The SMILES string of the molecule is CCC(CC)c1cc(CNC(=NC)NCCc2ccc(OC)cc2)on1.I. The number of ether oxygens (including phenoxy) is 1. The van der Waals surface area contributed by atoms with E-state index in [9.17, 15) is 0 Å². The maximum absolute atomic E-state index is 5.43. The monoisotopic (exact) mass is 486 g/mol. The standard InChI is InChI=1S/C20H30N4O2.HI/c1-5-16(6-2)19-13-18(26-24-19)14-23-20(21-3)22-12-11-15-7-9-17(25-4)10-8-15;/h7-10,13,16H,5-6,11-12,14H2,1-4H3,(H2,21,22,23);1H. The van der Waals surface area contributed by atoms with Crippen LogP contribution in [0.2, 0.25) is 0 Å². The highest BCUT2D eigenvalue weighted by molar-refractivity contribution is 14.0. The Morgan fingerprint density at radius 2 is 1.89 bits per heavy atom. The van der Waals surface area contributed by atoms with Gasteiger partial charge in [-0.25, -0.2) is 0 Å². The number of hydrogen-bond donors (Lipinski definition) is 2. The summed E-state index contributed by atoms with van der Waals surface area (Å²) in [5.74, 6) is 2.91. The topological polar surface area (TPSA) is 71.7 Å². The average molecular weight is 486 g/mol. The van der Waals surface area contributed by atoms with Crippen molar-refractivity contribution in [3.8, 4) is 5.75 Å². The third kappa shape index (κ3) is 7.40. The van der Waals surface area contributed by atoms with E-state index < -0.39 is 0 Å². The smallest absolute Gasteiger partial charge is 0.191 e. The zero-order valence-electron chi connectivity index (χ0n) is 16.6. The zero-order valence-corrected chi connectivity index (χ0v) is 18.9. The molecule has 0 aliphatic carbocycles.